The number of hydrogen-bond donors (Lipinski definition) is 1. The van der Waals surface area contributed by atoms with E-state index in [0.717, 1.165) is 13.0 Å². The van der Waals surface area contributed by atoms with E-state index >= 15 is 0 Å². The maximum Gasteiger partial charge on any atom is 0.0827 e. The maximum absolute atomic E-state index is 9.65. The molecule has 0 aromatic heterocycles. The standard InChI is InChI=1S/C9H18O3/c1-3-11-6-9(10)8-4-5-12-7(8)2/h7-10H,3-6H2,1-2H3. The van der Waals surface area contributed by atoms with Gasteiger partial charge in [0.1, 0.15) is 0 Å². The van der Waals surface area contributed by atoms with Crippen molar-refractivity contribution in [2.75, 3.05) is 19.8 Å². The number of rotatable bonds is 4. The zero-order chi connectivity index (χ0) is 8.97. The van der Waals surface area contributed by atoms with Crippen LogP contribution in [-0.2, 0) is 9.47 Å². The van der Waals surface area contributed by atoms with Crippen LogP contribution in [0.2, 0.25) is 0 Å². The molecule has 0 radical (unpaired) electrons. The molecule has 1 aliphatic heterocycles. The molecule has 1 fully saturated rings. The summed E-state index contributed by atoms with van der Waals surface area (Å²) in [5, 5.41) is 9.65. The van der Waals surface area contributed by atoms with E-state index in [0.29, 0.717) is 13.2 Å². The van der Waals surface area contributed by atoms with Crippen molar-refractivity contribution in [2.45, 2.75) is 32.5 Å². The van der Waals surface area contributed by atoms with Gasteiger partial charge in [-0.1, -0.05) is 0 Å². The van der Waals surface area contributed by atoms with Crippen LogP contribution in [-0.4, -0.2) is 37.1 Å². The van der Waals surface area contributed by atoms with Gasteiger partial charge in [0.15, 0.2) is 0 Å². The lowest BCUT2D eigenvalue weighted by molar-refractivity contribution is -0.0128. The van der Waals surface area contributed by atoms with Crippen LogP contribution in [0.5, 0.6) is 0 Å². The minimum absolute atomic E-state index is 0.181. The number of hydrogen-bond acceptors (Lipinski definition) is 3. The molecular weight excluding hydrogens is 156 g/mol. The third-order valence-electron chi connectivity index (χ3n) is 2.42. The SMILES string of the molecule is CCOCC(O)C1CCOC1C. The highest BCUT2D eigenvalue weighted by Crippen LogP contribution is 2.23. The van der Waals surface area contributed by atoms with Crippen LogP contribution < -0.4 is 0 Å². The molecule has 0 aliphatic carbocycles. The number of ether oxygens (including phenoxy) is 2. The van der Waals surface area contributed by atoms with Crippen molar-refractivity contribution < 1.29 is 14.6 Å². The van der Waals surface area contributed by atoms with Crippen molar-refractivity contribution in [2.24, 2.45) is 5.92 Å². The predicted molar refractivity (Wildman–Crippen MR) is 46.0 cm³/mol. The van der Waals surface area contributed by atoms with Crippen LogP contribution >= 0.6 is 0 Å². The summed E-state index contributed by atoms with van der Waals surface area (Å²) in [5.74, 6) is 0.261. The van der Waals surface area contributed by atoms with Crippen molar-refractivity contribution in [3.05, 3.63) is 0 Å². The van der Waals surface area contributed by atoms with Crippen LogP contribution in [0.3, 0.4) is 0 Å². The average Bonchev–Trinajstić information content (AvgIpc) is 2.47. The van der Waals surface area contributed by atoms with Gasteiger partial charge < -0.3 is 14.6 Å². The van der Waals surface area contributed by atoms with Gasteiger partial charge in [-0.15, -0.1) is 0 Å². The Balaban J connectivity index is 2.25. The summed E-state index contributed by atoms with van der Waals surface area (Å²) in [4.78, 5) is 0. The molecule has 0 aromatic rings. The van der Waals surface area contributed by atoms with Gasteiger partial charge in [0, 0.05) is 19.1 Å². The van der Waals surface area contributed by atoms with Gasteiger partial charge in [-0.05, 0) is 20.3 Å². The average molecular weight is 174 g/mol. The lowest BCUT2D eigenvalue weighted by Crippen LogP contribution is -2.30. The van der Waals surface area contributed by atoms with Crippen LogP contribution in [0.1, 0.15) is 20.3 Å². The molecule has 1 aliphatic rings. The van der Waals surface area contributed by atoms with E-state index in [1.165, 1.54) is 0 Å². The molecule has 0 spiro atoms. The topological polar surface area (TPSA) is 38.7 Å². The molecule has 1 heterocycles. The summed E-state index contributed by atoms with van der Waals surface area (Å²) in [6, 6.07) is 0. The third kappa shape index (κ3) is 2.44. The molecule has 12 heavy (non-hydrogen) atoms. The Kier molecular flexibility index (Phi) is 3.98. The Morgan fingerprint density at radius 2 is 2.42 bits per heavy atom. The lowest BCUT2D eigenvalue weighted by atomic mass is 9.96. The second-order valence-electron chi connectivity index (χ2n) is 3.26. The first-order valence-electron chi connectivity index (χ1n) is 4.63. The summed E-state index contributed by atoms with van der Waals surface area (Å²) in [6.45, 7) is 5.82. The molecule has 0 aromatic carbocycles. The highest BCUT2D eigenvalue weighted by Gasteiger charge is 2.30. The molecule has 0 amide bonds. The molecule has 3 unspecified atom stereocenters. The minimum atomic E-state index is -0.359. The van der Waals surface area contributed by atoms with Crippen molar-refractivity contribution in [1.29, 1.82) is 0 Å². The minimum Gasteiger partial charge on any atom is -0.390 e. The van der Waals surface area contributed by atoms with Crippen molar-refractivity contribution >= 4 is 0 Å². The molecule has 1 N–H and O–H groups in total. The van der Waals surface area contributed by atoms with Gasteiger partial charge in [0.2, 0.25) is 0 Å². The molecule has 3 nitrogen and oxygen atoms in total. The van der Waals surface area contributed by atoms with Crippen LogP contribution in [0.4, 0.5) is 0 Å². The second kappa shape index (κ2) is 4.80. The van der Waals surface area contributed by atoms with Gasteiger partial charge >= 0.3 is 0 Å². The van der Waals surface area contributed by atoms with E-state index in [-0.39, 0.29) is 18.1 Å². The smallest absolute Gasteiger partial charge is 0.0827 e. The Labute approximate surface area is 73.7 Å². The van der Waals surface area contributed by atoms with Gasteiger partial charge in [0.25, 0.3) is 0 Å². The van der Waals surface area contributed by atoms with Gasteiger partial charge in [-0.3, -0.25) is 0 Å². The van der Waals surface area contributed by atoms with Gasteiger partial charge in [0.05, 0.1) is 18.8 Å². The molecule has 1 rings (SSSR count). The summed E-state index contributed by atoms with van der Waals surface area (Å²) >= 11 is 0. The molecule has 1 saturated heterocycles. The van der Waals surface area contributed by atoms with E-state index in [2.05, 4.69) is 0 Å². The van der Waals surface area contributed by atoms with Crippen molar-refractivity contribution in [1.82, 2.24) is 0 Å². The predicted octanol–water partition coefficient (Wildman–Crippen LogP) is 0.809. The number of aliphatic hydroxyl groups excluding tert-OH is 1. The monoisotopic (exact) mass is 174 g/mol. The number of aliphatic hydroxyl groups is 1. The summed E-state index contributed by atoms with van der Waals surface area (Å²) < 4.78 is 10.5. The highest BCUT2D eigenvalue weighted by atomic mass is 16.5. The Morgan fingerprint density at radius 1 is 1.67 bits per heavy atom. The van der Waals surface area contributed by atoms with Crippen LogP contribution in [0, 0.1) is 5.92 Å². The molecule has 72 valence electrons. The summed E-state index contributed by atoms with van der Waals surface area (Å²) in [5.41, 5.74) is 0. The first-order chi connectivity index (χ1) is 5.75. The fourth-order valence-corrected chi connectivity index (χ4v) is 1.62. The Bertz CT molecular complexity index is 127. The molecule has 0 bridgehead atoms. The third-order valence-corrected chi connectivity index (χ3v) is 2.42. The highest BCUT2D eigenvalue weighted by molar-refractivity contribution is 4.78. The Hall–Kier alpha value is -0.120. The molecule has 0 saturated carbocycles. The quantitative estimate of drug-likeness (QED) is 0.685. The molecule has 3 atom stereocenters. The van der Waals surface area contributed by atoms with Gasteiger partial charge in [-0.2, -0.15) is 0 Å². The molecule has 3 heteroatoms. The zero-order valence-electron chi connectivity index (χ0n) is 7.82. The van der Waals surface area contributed by atoms with E-state index in [4.69, 9.17) is 9.47 Å². The van der Waals surface area contributed by atoms with Crippen LogP contribution in [0.15, 0.2) is 0 Å². The van der Waals surface area contributed by atoms with Gasteiger partial charge in [-0.25, -0.2) is 0 Å². The fraction of sp³-hybridized carbons (Fsp3) is 1.00. The first-order valence-corrected chi connectivity index (χ1v) is 4.63. The van der Waals surface area contributed by atoms with Crippen LogP contribution in [0.25, 0.3) is 0 Å². The normalized spacial score (nSPS) is 32.2. The summed E-state index contributed by atoms with van der Waals surface area (Å²) in [7, 11) is 0. The first kappa shape index (κ1) is 9.96. The van der Waals surface area contributed by atoms with E-state index in [1.807, 2.05) is 13.8 Å². The fourth-order valence-electron chi connectivity index (χ4n) is 1.62. The second-order valence-corrected chi connectivity index (χ2v) is 3.26. The van der Waals surface area contributed by atoms with E-state index in [1.54, 1.807) is 0 Å². The van der Waals surface area contributed by atoms with Crippen molar-refractivity contribution in [3.63, 3.8) is 0 Å². The Morgan fingerprint density at radius 3 is 2.92 bits per heavy atom. The summed E-state index contributed by atoms with van der Waals surface area (Å²) in [6.07, 6.45) is 0.776. The largest absolute Gasteiger partial charge is 0.390 e. The zero-order valence-corrected chi connectivity index (χ0v) is 7.82. The maximum atomic E-state index is 9.65. The molecular formula is C9H18O3. The van der Waals surface area contributed by atoms with E-state index < -0.39 is 0 Å². The lowest BCUT2D eigenvalue weighted by Gasteiger charge is -2.20. The van der Waals surface area contributed by atoms with Crippen molar-refractivity contribution in [3.8, 4) is 0 Å². The van der Waals surface area contributed by atoms with E-state index in [9.17, 15) is 5.11 Å².